The summed E-state index contributed by atoms with van der Waals surface area (Å²) in [7, 11) is 0. The molecule has 0 saturated heterocycles. The third-order valence-electron chi connectivity index (χ3n) is 3.02. The van der Waals surface area contributed by atoms with Gasteiger partial charge >= 0.3 is 6.18 Å². The summed E-state index contributed by atoms with van der Waals surface area (Å²) in [5, 5.41) is 8.79. The molecular formula is C16H24F3IN4O. The second kappa shape index (κ2) is 11.9. The first-order chi connectivity index (χ1) is 11.4. The van der Waals surface area contributed by atoms with Crippen LogP contribution in [0.3, 0.4) is 0 Å². The second-order valence-electron chi connectivity index (χ2n) is 5.02. The Hall–Kier alpha value is -1.52. The van der Waals surface area contributed by atoms with E-state index in [4.69, 9.17) is 0 Å². The minimum atomic E-state index is -4.40. The molecule has 25 heavy (non-hydrogen) atoms. The Labute approximate surface area is 162 Å². The van der Waals surface area contributed by atoms with Gasteiger partial charge in [-0.1, -0.05) is 6.92 Å². The highest BCUT2D eigenvalue weighted by Gasteiger charge is 2.30. The first-order valence-electron chi connectivity index (χ1n) is 7.86. The Morgan fingerprint density at radius 2 is 1.64 bits per heavy atom. The van der Waals surface area contributed by atoms with Crippen LogP contribution < -0.4 is 16.0 Å². The van der Waals surface area contributed by atoms with E-state index in [1.165, 1.54) is 12.1 Å². The minimum Gasteiger partial charge on any atom is -0.357 e. The highest BCUT2D eigenvalue weighted by Crippen LogP contribution is 2.28. The van der Waals surface area contributed by atoms with Gasteiger partial charge in [0.05, 0.1) is 5.56 Å². The topological polar surface area (TPSA) is 65.5 Å². The Morgan fingerprint density at radius 1 is 1.04 bits per heavy atom. The molecule has 1 amide bonds. The van der Waals surface area contributed by atoms with E-state index in [-0.39, 0.29) is 29.5 Å². The van der Waals surface area contributed by atoms with E-state index in [1.807, 2.05) is 13.8 Å². The lowest BCUT2D eigenvalue weighted by Crippen LogP contribution is -2.41. The van der Waals surface area contributed by atoms with E-state index < -0.39 is 17.6 Å². The SMILES string of the molecule is CCCN=C(NCC)NCCNC(=O)c1ccc(C(F)(F)F)cc1.I. The summed E-state index contributed by atoms with van der Waals surface area (Å²) in [6, 6.07) is 4.12. The van der Waals surface area contributed by atoms with E-state index in [2.05, 4.69) is 20.9 Å². The molecule has 0 aliphatic carbocycles. The van der Waals surface area contributed by atoms with Crippen molar-refractivity contribution in [3.63, 3.8) is 0 Å². The zero-order valence-electron chi connectivity index (χ0n) is 14.2. The van der Waals surface area contributed by atoms with Crippen LogP contribution in [0.2, 0.25) is 0 Å². The molecule has 0 spiro atoms. The van der Waals surface area contributed by atoms with Crippen LogP contribution in [-0.4, -0.2) is 38.0 Å². The summed E-state index contributed by atoms with van der Waals surface area (Å²) in [6.07, 6.45) is -3.47. The summed E-state index contributed by atoms with van der Waals surface area (Å²) in [6.45, 7) is 6.20. The quantitative estimate of drug-likeness (QED) is 0.248. The molecule has 1 rings (SSSR count). The van der Waals surface area contributed by atoms with E-state index in [9.17, 15) is 18.0 Å². The zero-order chi connectivity index (χ0) is 18.0. The van der Waals surface area contributed by atoms with Gasteiger partial charge in [-0.05, 0) is 37.6 Å². The van der Waals surface area contributed by atoms with Crippen molar-refractivity contribution in [3.05, 3.63) is 35.4 Å². The number of aliphatic imine (C=N–C) groups is 1. The van der Waals surface area contributed by atoms with Crippen LogP contribution in [0, 0.1) is 0 Å². The van der Waals surface area contributed by atoms with Crippen LogP contribution in [0.5, 0.6) is 0 Å². The third kappa shape index (κ3) is 8.94. The van der Waals surface area contributed by atoms with Crippen molar-refractivity contribution in [1.29, 1.82) is 0 Å². The number of benzene rings is 1. The number of alkyl halides is 3. The zero-order valence-corrected chi connectivity index (χ0v) is 16.6. The van der Waals surface area contributed by atoms with Gasteiger partial charge in [0.25, 0.3) is 5.91 Å². The molecule has 0 heterocycles. The van der Waals surface area contributed by atoms with E-state index in [0.29, 0.717) is 25.6 Å². The number of carbonyl (C=O) groups is 1. The van der Waals surface area contributed by atoms with Gasteiger partial charge in [-0.25, -0.2) is 0 Å². The Bertz CT molecular complexity index is 547. The van der Waals surface area contributed by atoms with Gasteiger partial charge in [-0.2, -0.15) is 13.2 Å². The number of nitrogens with zero attached hydrogens (tertiary/aromatic N) is 1. The molecule has 0 saturated carbocycles. The molecule has 0 radical (unpaired) electrons. The highest BCUT2D eigenvalue weighted by molar-refractivity contribution is 14.0. The molecule has 0 aliphatic heterocycles. The molecule has 0 fully saturated rings. The fourth-order valence-electron chi connectivity index (χ4n) is 1.83. The van der Waals surface area contributed by atoms with Gasteiger partial charge in [-0.3, -0.25) is 9.79 Å². The molecule has 142 valence electrons. The lowest BCUT2D eigenvalue weighted by Gasteiger charge is -2.12. The third-order valence-corrected chi connectivity index (χ3v) is 3.02. The van der Waals surface area contributed by atoms with Crippen LogP contribution in [-0.2, 0) is 6.18 Å². The number of amides is 1. The fraction of sp³-hybridized carbons (Fsp3) is 0.500. The number of hydrogen-bond acceptors (Lipinski definition) is 2. The molecular weight excluding hydrogens is 448 g/mol. The van der Waals surface area contributed by atoms with Crippen LogP contribution in [0.1, 0.15) is 36.2 Å². The van der Waals surface area contributed by atoms with Crippen molar-refractivity contribution in [1.82, 2.24) is 16.0 Å². The standard InChI is InChI=1S/C16H23F3N4O.HI/c1-3-9-22-15(20-4-2)23-11-10-21-14(24)12-5-7-13(8-6-12)16(17,18)19;/h5-8H,3-4,9-11H2,1-2H3,(H,21,24)(H2,20,22,23);1H. The van der Waals surface area contributed by atoms with Crippen molar-refractivity contribution in [3.8, 4) is 0 Å². The van der Waals surface area contributed by atoms with Crippen molar-refractivity contribution in [2.45, 2.75) is 26.4 Å². The number of rotatable bonds is 7. The first-order valence-corrected chi connectivity index (χ1v) is 7.86. The summed E-state index contributed by atoms with van der Waals surface area (Å²) in [5.41, 5.74) is -0.585. The van der Waals surface area contributed by atoms with E-state index in [1.54, 1.807) is 0 Å². The molecule has 0 bridgehead atoms. The fourth-order valence-corrected chi connectivity index (χ4v) is 1.83. The van der Waals surface area contributed by atoms with Gasteiger partial charge in [0.1, 0.15) is 0 Å². The van der Waals surface area contributed by atoms with Gasteiger partial charge in [0, 0.05) is 31.7 Å². The van der Waals surface area contributed by atoms with Crippen LogP contribution in [0.25, 0.3) is 0 Å². The maximum atomic E-state index is 12.5. The maximum absolute atomic E-state index is 12.5. The maximum Gasteiger partial charge on any atom is 0.416 e. The predicted molar refractivity (Wildman–Crippen MR) is 103 cm³/mol. The van der Waals surface area contributed by atoms with Crippen molar-refractivity contribution in [2.75, 3.05) is 26.2 Å². The van der Waals surface area contributed by atoms with Gasteiger partial charge in [0.2, 0.25) is 0 Å². The lowest BCUT2D eigenvalue weighted by atomic mass is 10.1. The van der Waals surface area contributed by atoms with Gasteiger partial charge < -0.3 is 16.0 Å². The number of nitrogens with one attached hydrogen (secondary N) is 3. The molecule has 0 atom stereocenters. The monoisotopic (exact) mass is 472 g/mol. The van der Waals surface area contributed by atoms with Gasteiger partial charge in [-0.15, -0.1) is 24.0 Å². The van der Waals surface area contributed by atoms with Crippen molar-refractivity contribution < 1.29 is 18.0 Å². The molecule has 5 nitrogen and oxygen atoms in total. The Morgan fingerprint density at radius 3 is 2.16 bits per heavy atom. The molecule has 0 aliphatic rings. The van der Waals surface area contributed by atoms with E-state index >= 15 is 0 Å². The normalized spacial score (nSPS) is 11.5. The molecule has 9 heteroatoms. The van der Waals surface area contributed by atoms with Crippen LogP contribution in [0.4, 0.5) is 13.2 Å². The Kier molecular flexibility index (Phi) is 11.2. The number of carbonyl (C=O) groups excluding carboxylic acids is 1. The van der Waals surface area contributed by atoms with Crippen LogP contribution >= 0.6 is 24.0 Å². The largest absolute Gasteiger partial charge is 0.416 e. The van der Waals surface area contributed by atoms with Crippen molar-refractivity contribution >= 4 is 35.8 Å². The van der Waals surface area contributed by atoms with Crippen LogP contribution in [0.15, 0.2) is 29.3 Å². The Balaban J connectivity index is 0.00000576. The van der Waals surface area contributed by atoms with Crippen molar-refractivity contribution in [2.24, 2.45) is 4.99 Å². The van der Waals surface area contributed by atoms with E-state index in [0.717, 1.165) is 25.1 Å². The summed E-state index contributed by atoms with van der Waals surface area (Å²) in [4.78, 5) is 16.2. The highest BCUT2D eigenvalue weighted by atomic mass is 127. The second-order valence-corrected chi connectivity index (χ2v) is 5.02. The summed E-state index contributed by atoms with van der Waals surface area (Å²) in [5.74, 6) is 0.254. The minimum absolute atomic E-state index is 0. The molecule has 0 unspecified atom stereocenters. The van der Waals surface area contributed by atoms with Gasteiger partial charge in [0.15, 0.2) is 5.96 Å². The molecule has 0 aromatic heterocycles. The first kappa shape index (κ1) is 23.5. The summed E-state index contributed by atoms with van der Waals surface area (Å²) >= 11 is 0. The average molecular weight is 472 g/mol. The lowest BCUT2D eigenvalue weighted by molar-refractivity contribution is -0.137. The average Bonchev–Trinajstić information content (AvgIpc) is 2.55. The predicted octanol–water partition coefficient (Wildman–Crippen LogP) is 3.02. The molecule has 1 aromatic rings. The smallest absolute Gasteiger partial charge is 0.357 e. The summed E-state index contributed by atoms with van der Waals surface area (Å²) < 4.78 is 37.4. The number of halogens is 4. The number of guanidine groups is 1. The molecule has 1 aromatic carbocycles. The number of hydrogen-bond donors (Lipinski definition) is 3. The molecule has 3 N–H and O–H groups in total.